The van der Waals surface area contributed by atoms with Crippen LogP contribution in [0.5, 0.6) is 5.75 Å². The first-order chi connectivity index (χ1) is 6.83. The molecule has 0 saturated heterocycles. The van der Waals surface area contributed by atoms with E-state index in [1.165, 1.54) is 5.56 Å². The van der Waals surface area contributed by atoms with Gasteiger partial charge in [0.2, 0.25) is 0 Å². The number of aliphatic hydroxyl groups excluding tert-OH is 1. The summed E-state index contributed by atoms with van der Waals surface area (Å²) >= 11 is 0. The smallest absolute Gasteiger partial charge is 0.126 e. The van der Waals surface area contributed by atoms with Gasteiger partial charge in [-0.1, -0.05) is 6.07 Å². The first kappa shape index (κ1) is 9.49. The Hall–Kier alpha value is -1.06. The monoisotopic (exact) mass is 194 g/mol. The minimum Gasteiger partial charge on any atom is -0.487 e. The van der Waals surface area contributed by atoms with E-state index >= 15 is 0 Å². The van der Waals surface area contributed by atoms with Crippen molar-refractivity contribution >= 4 is 0 Å². The lowest BCUT2D eigenvalue weighted by atomic mass is 10.1. The summed E-state index contributed by atoms with van der Waals surface area (Å²) in [5, 5.41) is 8.97. The molecule has 0 aromatic heterocycles. The summed E-state index contributed by atoms with van der Waals surface area (Å²) in [6, 6.07) is 5.79. The average molecular weight is 194 g/mol. The summed E-state index contributed by atoms with van der Waals surface area (Å²) in [6.07, 6.45) is 1.00. The van der Waals surface area contributed by atoms with Gasteiger partial charge in [0.25, 0.3) is 0 Å². The van der Waals surface area contributed by atoms with Crippen molar-refractivity contribution in [1.82, 2.24) is 0 Å². The van der Waals surface area contributed by atoms with Gasteiger partial charge in [-0.15, -0.1) is 0 Å². The van der Waals surface area contributed by atoms with Crippen molar-refractivity contribution in [2.75, 3.05) is 13.7 Å². The minimum atomic E-state index is 0.0855. The molecule has 0 radical (unpaired) electrons. The number of hydrogen-bond donors (Lipinski definition) is 1. The highest BCUT2D eigenvalue weighted by Crippen LogP contribution is 2.29. The molecular formula is C11H14O3. The predicted molar refractivity (Wildman–Crippen MR) is 52.4 cm³/mol. The zero-order valence-corrected chi connectivity index (χ0v) is 8.19. The average Bonchev–Trinajstić information content (AvgIpc) is 2.59. The molecule has 14 heavy (non-hydrogen) atoms. The van der Waals surface area contributed by atoms with Crippen molar-refractivity contribution in [2.45, 2.75) is 19.1 Å². The highest BCUT2D eigenvalue weighted by Gasteiger charge is 2.22. The van der Waals surface area contributed by atoms with Crippen LogP contribution in [0.4, 0.5) is 0 Å². The molecular weight excluding hydrogens is 180 g/mol. The quantitative estimate of drug-likeness (QED) is 0.784. The van der Waals surface area contributed by atoms with Crippen LogP contribution in [0.1, 0.15) is 11.1 Å². The number of hydrogen-bond acceptors (Lipinski definition) is 3. The maximum absolute atomic E-state index is 8.97. The molecule has 1 aliphatic heterocycles. The maximum atomic E-state index is 8.97. The molecule has 0 aliphatic carbocycles. The Kier molecular flexibility index (Phi) is 2.70. The van der Waals surface area contributed by atoms with Gasteiger partial charge in [0, 0.05) is 13.5 Å². The molecule has 3 heteroatoms. The largest absolute Gasteiger partial charge is 0.487 e. The van der Waals surface area contributed by atoms with Crippen LogP contribution in [0, 0.1) is 0 Å². The second-order valence-corrected chi connectivity index (χ2v) is 3.50. The van der Waals surface area contributed by atoms with Gasteiger partial charge < -0.3 is 14.6 Å². The van der Waals surface area contributed by atoms with Gasteiger partial charge in [0.05, 0.1) is 13.2 Å². The van der Waals surface area contributed by atoms with Gasteiger partial charge in [0.15, 0.2) is 0 Å². The zero-order valence-electron chi connectivity index (χ0n) is 8.19. The number of fused-ring (bicyclic) bond motifs is 1. The third-order valence-corrected chi connectivity index (χ3v) is 2.40. The summed E-state index contributed by atoms with van der Waals surface area (Å²) in [6.45, 7) is 0.700. The molecule has 2 rings (SSSR count). The van der Waals surface area contributed by atoms with Crippen molar-refractivity contribution in [3.05, 3.63) is 29.3 Å². The first-order valence-electron chi connectivity index (χ1n) is 4.71. The Balaban J connectivity index is 2.14. The highest BCUT2D eigenvalue weighted by molar-refractivity contribution is 5.40. The molecule has 0 amide bonds. The lowest BCUT2D eigenvalue weighted by Gasteiger charge is -2.07. The number of benzene rings is 1. The van der Waals surface area contributed by atoms with Crippen LogP contribution in [0.15, 0.2) is 18.2 Å². The van der Waals surface area contributed by atoms with E-state index < -0.39 is 0 Å². The summed E-state index contributed by atoms with van der Waals surface area (Å²) in [4.78, 5) is 0. The van der Waals surface area contributed by atoms with Gasteiger partial charge in [-0.3, -0.25) is 0 Å². The van der Waals surface area contributed by atoms with Gasteiger partial charge in [-0.05, 0) is 23.3 Å². The second-order valence-electron chi connectivity index (χ2n) is 3.50. The lowest BCUT2D eigenvalue weighted by molar-refractivity contribution is 0.0951. The molecule has 1 aromatic rings. The third kappa shape index (κ3) is 1.74. The second kappa shape index (κ2) is 3.98. The van der Waals surface area contributed by atoms with Crippen LogP contribution in [0.3, 0.4) is 0 Å². The summed E-state index contributed by atoms with van der Waals surface area (Å²) in [5.41, 5.74) is 2.10. The Labute approximate surface area is 83.3 Å². The van der Waals surface area contributed by atoms with Gasteiger partial charge in [-0.25, -0.2) is 0 Å². The van der Waals surface area contributed by atoms with Crippen LogP contribution < -0.4 is 4.74 Å². The number of ether oxygens (including phenoxy) is 2. The van der Waals surface area contributed by atoms with E-state index in [0.717, 1.165) is 17.7 Å². The van der Waals surface area contributed by atoms with Crippen LogP contribution in [0.2, 0.25) is 0 Å². The van der Waals surface area contributed by atoms with E-state index in [-0.39, 0.29) is 12.7 Å². The highest BCUT2D eigenvalue weighted by atomic mass is 16.5. The van der Waals surface area contributed by atoms with Gasteiger partial charge in [-0.2, -0.15) is 0 Å². The van der Waals surface area contributed by atoms with E-state index in [1.54, 1.807) is 7.11 Å². The number of rotatable bonds is 3. The van der Waals surface area contributed by atoms with Gasteiger partial charge >= 0.3 is 0 Å². The number of aliphatic hydroxyl groups is 1. The fraction of sp³-hybridized carbons (Fsp3) is 0.455. The van der Waals surface area contributed by atoms with Crippen LogP contribution >= 0.6 is 0 Å². The van der Waals surface area contributed by atoms with Crippen molar-refractivity contribution in [1.29, 1.82) is 0 Å². The standard InChI is InChI=1S/C11H14O3/c1-13-7-10-5-9-4-8(6-12)2-3-11(9)14-10/h2-4,10,12H,5-7H2,1H3. The predicted octanol–water partition coefficient (Wildman–Crippen LogP) is 1.13. The summed E-state index contributed by atoms with van der Waals surface area (Å²) < 4.78 is 10.7. The Bertz CT molecular complexity index is 322. The van der Waals surface area contributed by atoms with E-state index in [9.17, 15) is 0 Å². The molecule has 76 valence electrons. The van der Waals surface area contributed by atoms with Crippen molar-refractivity contribution in [3.63, 3.8) is 0 Å². The van der Waals surface area contributed by atoms with E-state index in [0.29, 0.717) is 6.61 Å². The van der Waals surface area contributed by atoms with E-state index in [1.807, 2.05) is 18.2 Å². The van der Waals surface area contributed by atoms with Crippen LogP contribution in [0.25, 0.3) is 0 Å². The van der Waals surface area contributed by atoms with Crippen molar-refractivity contribution in [3.8, 4) is 5.75 Å². The van der Waals surface area contributed by atoms with Crippen molar-refractivity contribution < 1.29 is 14.6 Å². The molecule has 1 atom stereocenters. The van der Waals surface area contributed by atoms with Crippen LogP contribution in [-0.2, 0) is 17.8 Å². The van der Waals surface area contributed by atoms with Crippen molar-refractivity contribution in [2.24, 2.45) is 0 Å². The lowest BCUT2D eigenvalue weighted by Crippen LogP contribution is -2.19. The van der Waals surface area contributed by atoms with Gasteiger partial charge in [0.1, 0.15) is 11.9 Å². The fourth-order valence-electron chi connectivity index (χ4n) is 1.75. The molecule has 1 unspecified atom stereocenters. The van der Waals surface area contributed by atoms with E-state index in [4.69, 9.17) is 14.6 Å². The van der Waals surface area contributed by atoms with Crippen LogP contribution in [-0.4, -0.2) is 24.9 Å². The fourth-order valence-corrected chi connectivity index (χ4v) is 1.75. The molecule has 0 saturated carbocycles. The molecule has 3 nitrogen and oxygen atoms in total. The molecule has 1 aliphatic rings. The molecule has 0 fully saturated rings. The Morgan fingerprint density at radius 1 is 1.57 bits per heavy atom. The topological polar surface area (TPSA) is 38.7 Å². The Morgan fingerprint density at radius 2 is 2.43 bits per heavy atom. The maximum Gasteiger partial charge on any atom is 0.126 e. The molecule has 1 N–H and O–H groups in total. The minimum absolute atomic E-state index is 0.0855. The Morgan fingerprint density at radius 3 is 3.14 bits per heavy atom. The van der Waals surface area contributed by atoms with E-state index in [2.05, 4.69) is 0 Å². The third-order valence-electron chi connectivity index (χ3n) is 2.40. The summed E-state index contributed by atoms with van der Waals surface area (Å²) in [7, 11) is 1.67. The molecule has 1 heterocycles. The summed E-state index contributed by atoms with van der Waals surface area (Å²) in [5.74, 6) is 0.921. The molecule has 0 bridgehead atoms. The molecule has 0 spiro atoms. The number of methoxy groups -OCH3 is 1. The normalized spacial score (nSPS) is 19.1. The SMILES string of the molecule is COCC1Cc2cc(CO)ccc2O1. The first-order valence-corrected chi connectivity index (χ1v) is 4.71. The molecule has 1 aromatic carbocycles. The zero-order chi connectivity index (χ0) is 9.97.